The molecule has 1 fully saturated rings. The van der Waals surface area contributed by atoms with Gasteiger partial charge in [0.2, 0.25) is 6.79 Å². The molecule has 0 unspecified atom stereocenters. The standard InChI is InChI=1S/C19H16N2O3S/c1-11-3-5-14(7-12(11)2)21-18(22)17(25-19(21)20)9-13-4-6-15-16(8-13)24-10-23-15/h3-9,20H,10H2,1-2H3/b17-9-,20-19?. The van der Waals surface area contributed by atoms with Gasteiger partial charge in [-0.2, -0.15) is 0 Å². The van der Waals surface area contributed by atoms with Gasteiger partial charge in [0.15, 0.2) is 16.7 Å². The molecule has 0 saturated carbocycles. The van der Waals surface area contributed by atoms with E-state index in [-0.39, 0.29) is 17.9 Å². The second-order valence-electron chi connectivity index (χ2n) is 5.94. The van der Waals surface area contributed by atoms with Crippen LogP contribution < -0.4 is 14.4 Å². The maximum absolute atomic E-state index is 12.8. The number of hydrogen-bond acceptors (Lipinski definition) is 5. The van der Waals surface area contributed by atoms with Gasteiger partial charge in [-0.25, -0.2) is 0 Å². The lowest BCUT2D eigenvalue weighted by atomic mass is 10.1. The van der Waals surface area contributed by atoms with E-state index in [1.807, 2.05) is 50.2 Å². The number of carbonyl (C=O) groups excluding carboxylic acids is 1. The van der Waals surface area contributed by atoms with Gasteiger partial charge in [0.1, 0.15) is 0 Å². The highest BCUT2D eigenvalue weighted by Crippen LogP contribution is 2.37. The predicted molar refractivity (Wildman–Crippen MR) is 99.3 cm³/mol. The first kappa shape index (κ1) is 15.8. The minimum Gasteiger partial charge on any atom is -0.454 e. The van der Waals surface area contributed by atoms with Crippen LogP contribution in [0.2, 0.25) is 0 Å². The van der Waals surface area contributed by atoms with Crippen molar-refractivity contribution >= 4 is 34.6 Å². The zero-order valence-corrected chi connectivity index (χ0v) is 14.6. The lowest BCUT2D eigenvalue weighted by molar-refractivity contribution is -0.113. The molecule has 0 spiro atoms. The summed E-state index contributed by atoms with van der Waals surface area (Å²) in [5, 5.41) is 8.41. The predicted octanol–water partition coefficient (Wildman–Crippen LogP) is 4.09. The van der Waals surface area contributed by atoms with Gasteiger partial charge in [0.25, 0.3) is 5.91 Å². The van der Waals surface area contributed by atoms with Crippen LogP contribution in [0.5, 0.6) is 11.5 Å². The van der Waals surface area contributed by atoms with Gasteiger partial charge in [-0.05, 0) is 72.6 Å². The van der Waals surface area contributed by atoms with E-state index in [4.69, 9.17) is 14.9 Å². The fourth-order valence-corrected chi connectivity index (χ4v) is 3.60. The number of nitrogens with one attached hydrogen (secondary N) is 1. The number of carbonyl (C=O) groups is 1. The summed E-state index contributed by atoms with van der Waals surface area (Å²) in [6, 6.07) is 11.3. The molecule has 1 N–H and O–H groups in total. The number of amidine groups is 1. The van der Waals surface area contributed by atoms with Crippen LogP contribution in [0.4, 0.5) is 5.69 Å². The number of anilines is 1. The van der Waals surface area contributed by atoms with E-state index in [1.165, 1.54) is 4.90 Å². The van der Waals surface area contributed by atoms with E-state index >= 15 is 0 Å². The average Bonchev–Trinajstić information content (AvgIpc) is 3.15. The summed E-state index contributed by atoms with van der Waals surface area (Å²) in [5.41, 5.74) is 3.82. The van der Waals surface area contributed by atoms with E-state index in [0.717, 1.165) is 34.1 Å². The quantitative estimate of drug-likeness (QED) is 0.827. The molecule has 5 nitrogen and oxygen atoms in total. The van der Waals surface area contributed by atoms with Crippen LogP contribution in [0.25, 0.3) is 6.08 Å². The SMILES string of the molecule is Cc1ccc(N2C(=N)S/C(=C\c3ccc4c(c3)OCO4)C2=O)cc1C. The van der Waals surface area contributed by atoms with Crippen molar-refractivity contribution in [2.45, 2.75) is 13.8 Å². The van der Waals surface area contributed by atoms with Crippen LogP contribution in [0.3, 0.4) is 0 Å². The van der Waals surface area contributed by atoms with E-state index in [0.29, 0.717) is 16.4 Å². The monoisotopic (exact) mass is 352 g/mol. The van der Waals surface area contributed by atoms with Crippen molar-refractivity contribution in [1.82, 2.24) is 0 Å². The van der Waals surface area contributed by atoms with E-state index in [1.54, 1.807) is 6.08 Å². The molecule has 2 heterocycles. The summed E-state index contributed by atoms with van der Waals surface area (Å²) in [7, 11) is 0. The molecule has 2 aromatic rings. The Bertz CT molecular complexity index is 936. The number of hydrogen-bond donors (Lipinski definition) is 1. The normalized spacial score (nSPS) is 17.7. The summed E-state index contributed by atoms with van der Waals surface area (Å²) >= 11 is 1.16. The molecule has 0 aliphatic carbocycles. The van der Waals surface area contributed by atoms with Gasteiger partial charge in [0.05, 0.1) is 10.6 Å². The Labute approximate surface area is 149 Å². The third-order valence-electron chi connectivity index (χ3n) is 4.27. The third kappa shape index (κ3) is 2.78. The highest BCUT2D eigenvalue weighted by molar-refractivity contribution is 8.19. The van der Waals surface area contributed by atoms with Crippen molar-refractivity contribution in [1.29, 1.82) is 5.41 Å². The molecular formula is C19H16N2O3S. The first-order chi connectivity index (χ1) is 12.0. The Hall–Kier alpha value is -2.73. The highest BCUT2D eigenvalue weighted by atomic mass is 32.2. The zero-order valence-electron chi connectivity index (χ0n) is 13.8. The Kier molecular flexibility index (Phi) is 3.77. The Morgan fingerprint density at radius 1 is 1.08 bits per heavy atom. The largest absolute Gasteiger partial charge is 0.454 e. The van der Waals surface area contributed by atoms with Crippen LogP contribution in [-0.2, 0) is 4.79 Å². The summed E-state index contributed by atoms with van der Waals surface area (Å²) < 4.78 is 10.7. The topological polar surface area (TPSA) is 62.6 Å². The van der Waals surface area contributed by atoms with Crippen LogP contribution >= 0.6 is 11.8 Å². The number of amides is 1. The van der Waals surface area contributed by atoms with Crippen molar-refractivity contribution in [3.8, 4) is 11.5 Å². The molecule has 0 bridgehead atoms. The van der Waals surface area contributed by atoms with Gasteiger partial charge in [0, 0.05) is 0 Å². The van der Waals surface area contributed by atoms with Crippen LogP contribution in [0.1, 0.15) is 16.7 Å². The van der Waals surface area contributed by atoms with Crippen molar-refractivity contribution in [2.75, 3.05) is 11.7 Å². The Morgan fingerprint density at radius 3 is 2.68 bits per heavy atom. The number of nitrogens with zero attached hydrogens (tertiary/aromatic N) is 1. The van der Waals surface area contributed by atoms with E-state index in [9.17, 15) is 4.79 Å². The molecule has 25 heavy (non-hydrogen) atoms. The molecule has 2 aromatic carbocycles. The van der Waals surface area contributed by atoms with E-state index in [2.05, 4.69) is 0 Å². The molecule has 126 valence electrons. The van der Waals surface area contributed by atoms with Gasteiger partial charge in [-0.3, -0.25) is 15.1 Å². The fourth-order valence-electron chi connectivity index (χ4n) is 2.74. The minimum atomic E-state index is -0.184. The Morgan fingerprint density at radius 2 is 1.88 bits per heavy atom. The third-order valence-corrected chi connectivity index (χ3v) is 5.15. The van der Waals surface area contributed by atoms with Gasteiger partial charge in [-0.15, -0.1) is 0 Å². The van der Waals surface area contributed by atoms with Gasteiger partial charge >= 0.3 is 0 Å². The number of aryl methyl sites for hydroxylation is 2. The molecule has 0 radical (unpaired) electrons. The zero-order chi connectivity index (χ0) is 17.6. The van der Waals surface area contributed by atoms with Crippen LogP contribution in [0.15, 0.2) is 41.3 Å². The molecule has 2 aliphatic heterocycles. The average molecular weight is 352 g/mol. The first-order valence-corrected chi connectivity index (χ1v) is 8.64. The van der Waals surface area contributed by atoms with Gasteiger partial charge < -0.3 is 9.47 Å². The second-order valence-corrected chi connectivity index (χ2v) is 6.97. The van der Waals surface area contributed by atoms with Crippen molar-refractivity contribution in [3.05, 3.63) is 58.0 Å². The maximum Gasteiger partial charge on any atom is 0.271 e. The molecule has 4 rings (SSSR count). The van der Waals surface area contributed by atoms with Gasteiger partial charge in [-0.1, -0.05) is 12.1 Å². The Balaban J connectivity index is 1.65. The number of benzene rings is 2. The first-order valence-electron chi connectivity index (χ1n) is 7.82. The second kappa shape index (κ2) is 5.97. The fraction of sp³-hybridized carbons (Fsp3) is 0.158. The minimum absolute atomic E-state index is 0.184. The smallest absolute Gasteiger partial charge is 0.271 e. The van der Waals surface area contributed by atoms with E-state index < -0.39 is 0 Å². The van der Waals surface area contributed by atoms with Crippen molar-refractivity contribution in [3.63, 3.8) is 0 Å². The lowest BCUT2D eigenvalue weighted by Gasteiger charge is -2.15. The lowest BCUT2D eigenvalue weighted by Crippen LogP contribution is -2.28. The molecule has 2 aliphatic rings. The van der Waals surface area contributed by atoms with Crippen molar-refractivity contribution in [2.24, 2.45) is 0 Å². The molecule has 6 heteroatoms. The van der Waals surface area contributed by atoms with Crippen molar-refractivity contribution < 1.29 is 14.3 Å². The maximum atomic E-state index is 12.8. The molecule has 0 atom stereocenters. The summed E-state index contributed by atoms with van der Waals surface area (Å²) in [6.45, 7) is 4.24. The molecule has 1 amide bonds. The number of fused-ring (bicyclic) bond motifs is 1. The van der Waals surface area contributed by atoms with Crippen LogP contribution in [-0.4, -0.2) is 17.9 Å². The van der Waals surface area contributed by atoms with Crippen LogP contribution in [0, 0.1) is 19.3 Å². The number of thioether (sulfide) groups is 1. The molecule has 0 aromatic heterocycles. The number of ether oxygens (including phenoxy) is 2. The summed E-state index contributed by atoms with van der Waals surface area (Å²) in [6.07, 6.45) is 1.78. The summed E-state index contributed by atoms with van der Waals surface area (Å²) in [4.78, 5) is 14.7. The summed E-state index contributed by atoms with van der Waals surface area (Å²) in [5.74, 6) is 1.19. The number of rotatable bonds is 2. The molecule has 1 saturated heterocycles. The molecular weight excluding hydrogens is 336 g/mol. The highest BCUT2D eigenvalue weighted by Gasteiger charge is 2.33.